The molecule has 1 amide bonds. The molecule has 1 heterocycles. The second-order valence-corrected chi connectivity index (χ2v) is 4.93. The lowest BCUT2D eigenvalue weighted by Crippen LogP contribution is -2.24. The fourth-order valence-corrected chi connectivity index (χ4v) is 2.23. The Morgan fingerprint density at radius 3 is 2.60 bits per heavy atom. The molecule has 80 valence electrons. The molecule has 1 aliphatic heterocycles. The number of anilines is 1. The average molecular weight is 289 g/mol. The third-order valence-electron chi connectivity index (χ3n) is 2.56. The van der Waals surface area contributed by atoms with E-state index in [4.69, 9.17) is 11.6 Å². The molecule has 1 unspecified atom stereocenters. The van der Waals surface area contributed by atoms with Crippen LogP contribution < -0.4 is 4.90 Å². The minimum atomic E-state index is 0.169. The van der Waals surface area contributed by atoms with E-state index in [0.29, 0.717) is 18.2 Å². The molecular weight excluding hydrogens is 277 g/mol. The summed E-state index contributed by atoms with van der Waals surface area (Å²) in [6.07, 6.45) is 0.569. The highest BCUT2D eigenvalue weighted by Gasteiger charge is 2.29. The molecule has 0 spiro atoms. The normalized spacial score (nSPS) is 21.1. The summed E-state index contributed by atoms with van der Waals surface area (Å²) < 4.78 is 1.02. The van der Waals surface area contributed by atoms with Gasteiger partial charge in [-0.3, -0.25) is 4.79 Å². The van der Waals surface area contributed by atoms with Gasteiger partial charge in [0.15, 0.2) is 0 Å². The van der Waals surface area contributed by atoms with Crippen molar-refractivity contribution in [2.45, 2.75) is 6.42 Å². The van der Waals surface area contributed by atoms with E-state index in [1.165, 1.54) is 0 Å². The van der Waals surface area contributed by atoms with Crippen molar-refractivity contribution in [2.24, 2.45) is 5.92 Å². The standard InChI is InChI=1S/C11H11BrClNO/c12-9-1-3-10(4-2-9)14-7-8(6-13)5-11(14)15/h1-4,8H,5-7H2. The quantitative estimate of drug-likeness (QED) is 0.766. The van der Waals surface area contributed by atoms with Gasteiger partial charge in [0.1, 0.15) is 0 Å². The molecule has 1 atom stereocenters. The number of benzene rings is 1. The van der Waals surface area contributed by atoms with Crippen LogP contribution in [0.25, 0.3) is 0 Å². The molecule has 15 heavy (non-hydrogen) atoms. The summed E-state index contributed by atoms with van der Waals surface area (Å²) >= 11 is 9.13. The van der Waals surface area contributed by atoms with Crippen molar-refractivity contribution in [1.82, 2.24) is 0 Å². The molecule has 1 aromatic rings. The first-order chi connectivity index (χ1) is 7.20. The predicted molar refractivity (Wildman–Crippen MR) is 65.3 cm³/mol. The van der Waals surface area contributed by atoms with Gasteiger partial charge in [0.05, 0.1) is 0 Å². The van der Waals surface area contributed by atoms with Crippen molar-refractivity contribution in [3.05, 3.63) is 28.7 Å². The molecular formula is C11H11BrClNO. The van der Waals surface area contributed by atoms with E-state index in [1.807, 2.05) is 24.3 Å². The van der Waals surface area contributed by atoms with Crippen LogP contribution in [0.4, 0.5) is 5.69 Å². The molecule has 1 aliphatic rings. The first-order valence-electron chi connectivity index (χ1n) is 4.82. The minimum absolute atomic E-state index is 0.169. The fourth-order valence-electron chi connectivity index (χ4n) is 1.76. The highest BCUT2D eigenvalue weighted by molar-refractivity contribution is 9.10. The lowest BCUT2D eigenvalue weighted by atomic mass is 10.1. The maximum absolute atomic E-state index is 11.7. The van der Waals surface area contributed by atoms with Crippen LogP contribution in [0.1, 0.15) is 6.42 Å². The van der Waals surface area contributed by atoms with Gasteiger partial charge in [0.25, 0.3) is 0 Å². The van der Waals surface area contributed by atoms with Crippen molar-refractivity contribution in [2.75, 3.05) is 17.3 Å². The third kappa shape index (κ3) is 2.34. The van der Waals surface area contributed by atoms with Crippen LogP contribution in [0.2, 0.25) is 0 Å². The van der Waals surface area contributed by atoms with E-state index in [0.717, 1.165) is 16.7 Å². The van der Waals surface area contributed by atoms with Crippen LogP contribution in [0.5, 0.6) is 0 Å². The summed E-state index contributed by atoms with van der Waals surface area (Å²) in [5, 5.41) is 0. The van der Waals surface area contributed by atoms with Gasteiger partial charge < -0.3 is 4.90 Å². The molecule has 0 bridgehead atoms. The third-order valence-corrected chi connectivity index (χ3v) is 3.53. The Balaban J connectivity index is 2.18. The van der Waals surface area contributed by atoms with Gasteiger partial charge in [-0.15, -0.1) is 11.6 Å². The number of carbonyl (C=O) groups is 1. The summed E-state index contributed by atoms with van der Waals surface area (Å²) in [6.45, 7) is 0.740. The Morgan fingerprint density at radius 1 is 1.40 bits per heavy atom. The van der Waals surface area contributed by atoms with Crippen molar-refractivity contribution in [3.63, 3.8) is 0 Å². The van der Waals surface area contributed by atoms with Crippen LogP contribution in [0.15, 0.2) is 28.7 Å². The fraction of sp³-hybridized carbons (Fsp3) is 0.364. The average Bonchev–Trinajstić information content (AvgIpc) is 2.61. The maximum atomic E-state index is 11.7. The molecule has 0 N–H and O–H groups in total. The second-order valence-electron chi connectivity index (χ2n) is 3.71. The second kappa shape index (κ2) is 4.54. The SMILES string of the molecule is O=C1CC(CCl)CN1c1ccc(Br)cc1. The van der Waals surface area contributed by atoms with E-state index in [9.17, 15) is 4.79 Å². The van der Waals surface area contributed by atoms with Gasteiger partial charge >= 0.3 is 0 Å². The van der Waals surface area contributed by atoms with Gasteiger partial charge in [-0.25, -0.2) is 0 Å². The number of hydrogen-bond acceptors (Lipinski definition) is 1. The number of nitrogens with zero attached hydrogens (tertiary/aromatic N) is 1. The van der Waals surface area contributed by atoms with E-state index in [2.05, 4.69) is 15.9 Å². The Morgan fingerprint density at radius 2 is 2.07 bits per heavy atom. The molecule has 2 rings (SSSR count). The monoisotopic (exact) mass is 287 g/mol. The molecule has 1 fully saturated rings. The van der Waals surface area contributed by atoms with Crippen LogP contribution in [0.3, 0.4) is 0 Å². The zero-order valence-corrected chi connectivity index (χ0v) is 10.5. The number of carbonyl (C=O) groups excluding carboxylic acids is 1. The molecule has 0 aromatic heterocycles. The zero-order chi connectivity index (χ0) is 10.8. The van der Waals surface area contributed by atoms with Crippen molar-refractivity contribution in [1.29, 1.82) is 0 Å². The van der Waals surface area contributed by atoms with Gasteiger partial charge in [-0.05, 0) is 30.2 Å². The Kier molecular flexibility index (Phi) is 3.32. The number of rotatable bonds is 2. The first kappa shape index (κ1) is 11.0. The van der Waals surface area contributed by atoms with Crippen LogP contribution in [0, 0.1) is 5.92 Å². The molecule has 1 aromatic carbocycles. The summed E-state index contributed by atoms with van der Waals surface area (Å²) in [4.78, 5) is 13.5. The maximum Gasteiger partial charge on any atom is 0.227 e. The molecule has 2 nitrogen and oxygen atoms in total. The minimum Gasteiger partial charge on any atom is -0.312 e. The predicted octanol–water partition coefficient (Wildman–Crippen LogP) is 3.04. The zero-order valence-electron chi connectivity index (χ0n) is 8.12. The summed E-state index contributed by atoms with van der Waals surface area (Å²) in [6, 6.07) is 7.77. The summed E-state index contributed by atoms with van der Waals surface area (Å²) in [5.41, 5.74) is 0.954. The number of hydrogen-bond donors (Lipinski definition) is 0. The Labute approximate surface area is 102 Å². The van der Waals surface area contributed by atoms with Gasteiger partial charge in [0, 0.05) is 29.0 Å². The Bertz CT molecular complexity index is 365. The molecule has 0 aliphatic carbocycles. The molecule has 4 heteroatoms. The highest BCUT2D eigenvalue weighted by Crippen LogP contribution is 2.26. The van der Waals surface area contributed by atoms with Crippen molar-refractivity contribution >= 4 is 39.1 Å². The van der Waals surface area contributed by atoms with Crippen molar-refractivity contribution in [3.8, 4) is 0 Å². The lowest BCUT2D eigenvalue weighted by molar-refractivity contribution is -0.117. The topological polar surface area (TPSA) is 20.3 Å². The van der Waals surface area contributed by atoms with E-state index in [-0.39, 0.29) is 5.91 Å². The lowest BCUT2D eigenvalue weighted by Gasteiger charge is -2.16. The van der Waals surface area contributed by atoms with E-state index in [1.54, 1.807) is 4.90 Å². The van der Waals surface area contributed by atoms with Gasteiger partial charge in [0.2, 0.25) is 5.91 Å². The molecule has 1 saturated heterocycles. The van der Waals surface area contributed by atoms with E-state index >= 15 is 0 Å². The largest absolute Gasteiger partial charge is 0.312 e. The van der Waals surface area contributed by atoms with Crippen LogP contribution in [-0.4, -0.2) is 18.3 Å². The smallest absolute Gasteiger partial charge is 0.227 e. The number of alkyl halides is 1. The Hall–Kier alpha value is -0.540. The molecule has 0 radical (unpaired) electrons. The van der Waals surface area contributed by atoms with Gasteiger partial charge in [-0.1, -0.05) is 15.9 Å². The number of halogens is 2. The van der Waals surface area contributed by atoms with E-state index < -0.39 is 0 Å². The summed E-state index contributed by atoms with van der Waals surface area (Å²) in [7, 11) is 0. The molecule has 0 saturated carbocycles. The van der Waals surface area contributed by atoms with Gasteiger partial charge in [-0.2, -0.15) is 0 Å². The number of amides is 1. The first-order valence-corrected chi connectivity index (χ1v) is 6.15. The highest BCUT2D eigenvalue weighted by atomic mass is 79.9. The summed E-state index contributed by atoms with van der Waals surface area (Å²) in [5.74, 6) is 1.02. The van der Waals surface area contributed by atoms with Crippen LogP contribution >= 0.6 is 27.5 Å². The van der Waals surface area contributed by atoms with Crippen molar-refractivity contribution < 1.29 is 4.79 Å². The van der Waals surface area contributed by atoms with Crippen LogP contribution in [-0.2, 0) is 4.79 Å².